The molecule has 1 aliphatic rings. The minimum absolute atomic E-state index is 0.521. The van der Waals surface area contributed by atoms with Crippen LogP contribution in [0.2, 0.25) is 0 Å². The van der Waals surface area contributed by atoms with Gasteiger partial charge in [0.1, 0.15) is 5.82 Å². The highest BCUT2D eigenvalue weighted by atomic mass is 15.4. The van der Waals surface area contributed by atoms with E-state index < -0.39 is 0 Å². The zero-order valence-electron chi connectivity index (χ0n) is 8.04. The van der Waals surface area contributed by atoms with Gasteiger partial charge >= 0.3 is 0 Å². The zero-order chi connectivity index (χ0) is 9.26. The fraction of sp³-hybridized carbons (Fsp3) is 0.750. The normalized spacial score (nSPS) is 23.5. The maximum absolute atomic E-state index is 4.30. The second-order valence-corrected chi connectivity index (χ2v) is 3.52. The van der Waals surface area contributed by atoms with E-state index in [9.17, 15) is 0 Å². The Morgan fingerprint density at radius 3 is 3.00 bits per heavy atom. The molecule has 1 atom stereocenters. The molecular weight excluding hydrogens is 166 g/mol. The molecule has 13 heavy (non-hydrogen) atoms. The molecule has 0 bridgehead atoms. The zero-order valence-corrected chi connectivity index (χ0v) is 8.04. The first-order valence-corrected chi connectivity index (χ1v) is 4.63. The largest absolute Gasteiger partial charge is 0.337 e. The Balaban J connectivity index is 2.08. The second kappa shape index (κ2) is 3.33. The van der Waals surface area contributed by atoms with Crippen LogP contribution >= 0.6 is 0 Å². The number of piperazine rings is 1. The molecule has 1 aliphatic heterocycles. The van der Waals surface area contributed by atoms with Gasteiger partial charge in [0.2, 0.25) is 5.95 Å². The lowest BCUT2D eigenvalue weighted by Crippen LogP contribution is -2.49. The van der Waals surface area contributed by atoms with Crippen LogP contribution in [0.1, 0.15) is 12.7 Å². The van der Waals surface area contributed by atoms with Gasteiger partial charge in [-0.15, -0.1) is 5.10 Å². The van der Waals surface area contributed by atoms with E-state index in [1.807, 2.05) is 6.92 Å². The molecule has 2 N–H and O–H groups in total. The van der Waals surface area contributed by atoms with E-state index in [1.165, 1.54) is 0 Å². The van der Waals surface area contributed by atoms with Crippen molar-refractivity contribution in [2.75, 3.05) is 24.5 Å². The number of rotatable bonds is 1. The highest BCUT2D eigenvalue weighted by Gasteiger charge is 2.18. The molecule has 1 fully saturated rings. The van der Waals surface area contributed by atoms with Crippen LogP contribution in [0.25, 0.3) is 0 Å². The molecule has 0 radical (unpaired) electrons. The summed E-state index contributed by atoms with van der Waals surface area (Å²) in [6.45, 7) is 7.07. The minimum Gasteiger partial charge on any atom is -0.337 e. The molecule has 72 valence electrons. The Hall–Kier alpha value is -1.10. The van der Waals surface area contributed by atoms with Gasteiger partial charge in [0, 0.05) is 25.7 Å². The lowest BCUT2D eigenvalue weighted by Gasteiger charge is -2.30. The van der Waals surface area contributed by atoms with Gasteiger partial charge in [-0.1, -0.05) is 0 Å². The summed E-state index contributed by atoms with van der Waals surface area (Å²) in [6, 6.07) is 0.521. The van der Waals surface area contributed by atoms with Crippen LogP contribution in [-0.4, -0.2) is 40.9 Å². The van der Waals surface area contributed by atoms with E-state index in [0.29, 0.717) is 6.04 Å². The van der Waals surface area contributed by atoms with E-state index in [2.05, 4.69) is 32.3 Å². The first kappa shape index (κ1) is 8.50. The molecule has 0 amide bonds. The molecule has 1 aromatic rings. The van der Waals surface area contributed by atoms with Gasteiger partial charge in [-0.3, -0.25) is 5.10 Å². The van der Waals surface area contributed by atoms with Crippen molar-refractivity contribution in [3.05, 3.63) is 5.82 Å². The Kier molecular flexibility index (Phi) is 2.18. The molecule has 5 nitrogen and oxygen atoms in total. The van der Waals surface area contributed by atoms with Crippen LogP contribution < -0.4 is 10.2 Å². The highest BCUT2D eigenvalue weighted by Crippen LogP contribution is 2.08. The van der Waals surface area contributed by atoms with Crippen molar-refractivity contribution in [1.29, 1.82) is 0 Å². The van der Waals surface area contributed by atoms with Crippen LogP contribution in [0.3, 0.4) is 0 Å². The van der Waals surface area contributed by atoms with Crippen LogP contribution in [0.15, 0.2) is 0 Å². The van der Waals surface area contributed by atoms with E-state index >= 15 is 0 Å². The van der Waals surface area contributed by atoms with Crippen molar-refractivity contribution in [2.45, 2.75) is 19.9 Å². The number of aryl methyl sites for hydroxylation is 1. The number of hydrogen-bond donors (Lipinski definition) is 2. The fourth-order valence-corrected chi connectivity index (χ4v) is 1.59. The fourth-order valence-electron chi connectivity index (χ4n) is 1.59. The van der Waals surface area contributed by atoms with E-state index in [0.717, 1.165) is 31.4 Å². The van der Waals surface area contributed by atoms with Gasteiger partial charge < -0.3 is 10.2 Å². The topological polar surface area (TPSA) is 56.8 Å². The Morgan fingerprint density at radius 1 is 1.54 bits per heavy atom. The number of nitrogens with one attached hydrogen (secondary N) is 2. The summed E-state index contributed by atoms with van der Waals surface area (Å²) in [5.74, 6) is 1.70. The first-order valence-electron chi connectivity index (χ1n) is 4.63. The smallest absolute Gasteiger partial charge is 0.244 e. The second-order valence-electron chi connectivity index (χ2n) is 3.52. The Morgan fingerprint density at radius 2 is 2.38 bits per heavy atom. The van der Waals surface area contributed by atoms with Crippen LogP contribution in [0, 0.1) is 6.92 Å². The lowest BCUT2D eigenvalue weighted by molar-refractivity contribution is 0.480. The predicted molar refractivity (Wildman–Crippen MR) is 50.8 cm³/mol. The number of anilines is 1. The van der Waals surface area contributed by atoms with E-state index in [4.69, 9.17) is 0 Å². The van der Waals surface area contributed by atoms with Gasteiger partial charge in [-0.05, 0) is 13.8 Å². The maximum Gasteiger partial charge on any atom is 0.244 e. The quantitative estimate of drug-likeness (QED) is 0.636. The summed E-state index contributed by atoms with van der Waals surface area (Å²) in [7, 11) is 0. The summed E-state index contributed by atoms with van der Waals surface area (Å²) in [5.41, 5.74) is 0. The highest BCUT2D eigenvalue weighted by molar-refractivity contribution is 5.29. The molecule has 0 aromatic carbocycles. The van der Waals surface area contributed by atoms with Crippen molar-refractivity contribution < 1.29 is 0 Å². The van der Waals surface area contributed by atoms with Crippen molar-refractivity contribution in [3.63, 3.8) is 0 Å². The Labute approximate surface area is 77.5 Å². The lowest BCUT2D eigenvalue weighted by atomic mass is 10.2. The third-order valence-corrected chi connectivity index (χ3v) is 2.24. The first-order chi connectivity index (χ1) is 6.25. The molecule has 1 saturated heterocycles. The predicted octanol–water partition coefficient (Wildman–Crippen LogP) is -0.0888. The average Bonchev–Trinajstić information content (AvgIpc) is 2.52. The number of hydrogen-bond acceptors (Lipinski definition) is 4. The van der Waals surface area contributed by atoms with Crippen molar-refractivity contribution >= 4 is 5.95 Å². The SMILES string of the molecule is Cc1nc(N2CCNC(C)C2)n[nH]1. The molecule has 2 heterocycles. The number of aromatic amines is 1. The van der Waals surface area contributed by atoms with Crippen molar-refractivity contribution in [3.8, 4) is 0 Å². The molecule has 0 saturated carbocycles. The third kappa shape index (κ3) is 1.80. The summed E-state index contributed by atoms with van der Waals surface area (Å²) in [4.78, 5) is 6.50. The summed E-state index contributed by atoms with van der Waals surface area (Å²) >= 11 is 0. The van der Waals surface area contributed by atoms with Crippen LogP contribution in [0.4, 0.5) is 5.95 Å². The van der Waals surface area contributed by atoms with Gasteiger partial charge in [0.15, 0.2) is 0 Å². The third-order valence-electron chi connectivity index (χ3n) is 2.24. The molecule has 2 rings (SSSR count). The minimum atomic E-state index is 0.521. The van der Waals surface area contributed by atoms with Gasteiger partial charge in [0.05, 0.1) is 0 Å². The number of aromatic nitrogens is 3. The molecule has 5 heteroatoms. The van der Waals surface area contributed by atoms with E-state index in [-0.39, 0.29) is 0 Å². The number of nitrogens with zero attached hydrogens (tertiary/aromatic N) is 3. The maximum atomic E-state index is 4.30. The van der Waals surface area contributed by atoms with Crippen molar-refractivity contribution in [2.24, 2.45) is 0 Å². The monoisotopic (exact) mass is 181 g/mol. The molecule has 0 aliphatic carbocycles. The standard InChI is InChI=1S/C8H15N5/c1-6-5-13(4-3-9-6)8-10-7(2)11-12-8/h6,9H,3-5H2,1-2H3,(H,10,11,12). The molecule has 1 unspecified atom stereocenters. The summed E-state index contributed by atoms with van der Waals surface area (Å²) in [6.07, 6.45) is 0. The molecular formula is C8H15N5. The molecule has 1 aromatic heterocycles. The van der Waals surface area contributed by atoms with Gasteiger partial charge in [-0.25, -0.2) is 0 Å². The van der Waals surface area contributed by atoms with Crippen LogP contribution in [-0.2, 0) is 0 Å². The van der Waals surface area contributed by atoms with Crippen molar-refractivity contribution in [1.82, 2.24) is 20.5 Å². The summed E-state index contributed by atoms with van der Waals surface area (Å²) < 4.78 is 0. The summed E-state index contributed by atoms with van der Waals surface area (Å²) in [5, 5.41) is 10.4. The number of H-pyrrole nitrogens is 1. The van der Waals surface area contributed by atoms with E-state index in [1.54, 1.807) is 0 Å². The molecule has 0 spiro atoms. The van der Waals surface area contributed by atoms with Gasteiger partial charge in [0.25, 0.3) is 0 Å². The van der Waals surface area contributed by atoms with Gasteiger partial charge in [-0.2, -0.15) is 4.98 Å². The van der Waals surface area contributed by atoms with Crippen LogP contribution in [0.5, 0.6) is 0 Å². The Bertz CT molecular complexity index is 282. The average molecular weight is 181 g/mol.